The number of carbonyl (C=O) groups is 2. The number of carbonyl (C=O) groups excluding carboxylic acids is 2. The number of nitrogens with zero attached hydrogens (tertiary/aromatic N) is 2. The molecule has 2 aromatic carbocycles. The lowest BCUT2D eigenvalue weighted by molar-refractivity contribution is -0.137. The van der Waals surface area contributed by atoms with Crippen LogP contribution in [0.5, 0.6) is 0 Å². The van der Waals surface area contributed by atoms with Crippen molar-refractivity contribution in [1.82, 2.24) is 9.80 Å². The molecule has 2 aromatic rings. The molecule has 0 aromatic heterocycles. The highest BCUT2D eigenvalue weighted by molar-refractivity contribution is 5.97. The molecular weight excluding hydrogens is 369 g/mol. The maximum absolute atomic E-state index is 12.9. The fraction of sp³-hybridized carbons (Fsp3) is 0.333. The van der Waals surface area contributed by atoms with E-state index in [1.54, 1.807) is 11.0 Å². The predicted molar refractivity (Wildman–Crippen MR) is 99.2 cm³/mol. The van der Waals surface area contributed by atoms with Crippen LogP contribution in [0, 0.1) is 13.8 Å². The zero-order valence-electron chi connectivity index (χ0n) is 15.7. The van der Waals surface area contributed by atoms with Gasteiger partial charge in [0.25, 0.3) is 11.8 Å². The van der Waals surface area contributed by atoms with Crippen LogP contribution < -0.4 is 0 Å². The van der Waals surface area contributed by atoms with Crippen molar-refractivity contribution in [2.75, 3.05) is 26.2 Å². The third kappa shape index (κ3) is 4.18. The van der Waals surface area contributed by atoms with Crippen LogP contribution in [0.25, 0.3) is 0 Å². The molecule has 1 aliphatic heterocycles. The molecule has 1 saturated heterocycles. The lowest BCUT2D eigenvalue weighted by Gasteiger charge is -2.35. The Bertz CT molecular complexity index is 901. The van der Waals surface area contributed by atoms with E-state index in [1.807, 2.05) is 26.0 Å². The van der Waals surface area contributed by atoms with E-state index in [2.05, 4.69) is 0 Å². The molecule has 0 radical (unpaired) electrons. The summed E-state index contributed by atoms with van der Waals surface area (Å²) in [4.78, 5) is 28.5. The number of alkyl halides is 3. The summed E-state index contributed by atoms with van der Waals surface area (Å²) in [5.74, 6) is -0.548. The minimum absolute atomic E-state index is 0.00369. The summed E-state index contributed by atoms with van der Waals surface area (Å²) in [7, 11) is 0. The highest BCUT2D eigenvalue weighted by Crippen LogP contribution is 2.29. The molecule has 0 saturated carbocycles. The van der Waals surface area contributed by atoms with E-state index >= 15 is 0 Å². The van der Waals surface area contributed by atoms with Gasteiger partial charge in [-0.1, -0.05) is 23.8 Å². The zero-order valence-corrected chi connectivity index (χ0v) is 15.7. The van der Waals surface area contributed by atoms with Gasteiger partial charge in [0.1, 0.15) is 0 Å². The first-order valence-electron chi connectivity index (χ1n) is 9.00. The van der Waals surface area contributed by atoms with Crippen molar-refractivity contribution in [3.8, 4) is 0 Å². The minimum Gasteiger partial charge on any atom is -0.335 e. The Balaban J connectivity index is 1.67. The van der Waals surface area contributed by atoms with Gasteiger partial charge in [-0.2, -0.15) is 13.2 Å². The SMILES string of the molecule is Cc1ccc(C(=O)N2CCN(C(=O)c3cccc(C(F)(F)F)c3)CC2)c(C)c1. The van der Waals surface area contributed by atoms with Gasteiger partial charge in [0, 0.05) is 37.3 Å². The van der Waals surface area contributed by atoms with Gasteiger partial charge in [0.05, 0.1) is 5.56 Å². The molecule has 0 unspecified atom stereocenters. The van der Waals surface area contributed by atoms with Crippen molar-refractivity contribution in [3.63, 3.8) is 0 Å². The second-order valence-electron chi connectivity index (χ2n) is 6.98. The molecule has 2 amide bonds. The molecule has 0 spiro atoms. The molecule has 1 heterocycles. The Labute approximate surface area is 161 Å². The van der Waals surface area contributed by atoms with Gasteiger partial charge >= 0.3 is 6.18 Å². The number of rotatable bonds is 2. The lowest BCUT2D eigenvalue weighted by atomic mass is 10.0. The largest absolute Gasteiger partial charge is 0.416 e. The van der Waals surface area contributed by atoms with E-state index in [0.717, 1.165) is 23.3 Å². The molecule has 28 heavy (non-hydrogen) atoms. The van der Waals surface area contributed by atoms with Gasteiger partial charge in [0.15, 0.2) is 0 Å². The number of halogens is 3. The topological polar surface area (TPSA) is 40.6 Å². The molecule has 0 atom stereocenters. The molecular formula is C21H21F3N2O2. The summed E-state index contributed by atoms with van der Waals surface area (Å²) < 4.78 is 38.6. The van der Waals surface area contributed by atoms with Crippen molar-refractivity contribution in [2.24, 2.45) is 0 Å². The molecule has 7 heteroatoms. The number of piperazine rings is 1. The Kier molecular flexibility index (Phi) is 5.45. The van der Waals surface area contributed by atoms with E-state index in [4.69, 9.17) is 0 Å². The average molecular weight is 390 g/mol. The third-order valence-corrected chi connectivity index (χ3v) is 4.90. The van der Waals surface area contributed by atoms with Crippen LogP contribution in [0.2, 0.25) is 0 Å². The lowest BCUT2D eigenvalue weighted by Crippen LogP contribution is -2.50. The van der Waals surface area contributed by atoms with E-state index < -0.39 is 17.6 Å². The van der Waals surface area contributed by atoms with Crippen LogP contribution >= 0.6 is 0 Å². The van der Waals surface area contributed by atoms with Crippen LogP contribution in [-0.2, 0) is 6.18 Å². The van der Waals surface area contributed by atoms with Gasteiger partial charge in [0.2, 0.25) is 0 Å². The number of hydrogen-bond donors (Lipinski definition) is 0. The first-order valence-corrected chi connectivity index (χ1v) is 9.00. The molecule has 0 aliphatic carbocycles. The number of hydrogen-bond acceptors (Lipinski definition) is 2. The summed E-state index contributed by atoms with van der Waals surface area (Å²) in [6.07, 6.45) is -4.49. The first-order chi connectivity index (χ1) is 13.2. The summed E-state index contributed by atoms with van der Waals surface area (Å²) in [5.41, 5.74) is 1.76. The van der Waals surface area contributed by atoms with Crippen molar-refractivity contribution < 1.29 is 22.8 Å². The highest BCUT2D eigenvalue weighted by Gasteiger charge is 2.32. The van der Waals surface area contributed by atoms with Gasteiger partial charge in [-0.3, -0.25) is 9.59 Å². The van der Waals surface area contributed by atoms with Gasteiger partial charge in [-0.05, 0) is 43.7 Å². The van der Waals surface area contributed by atoms with Gasteiger partial charge in [-0.25, -0.2) is 0 Å². The second kappa shape index (κ2) is 7.66. The van der Waals surface area contributed by atoms with Crippen LogP contribution in [-0.4, -0.2) is 47.8 Å². The first kappa shape index (κ1) is 19.9. The maximum Gasteiger partial charge on any atom is 0.416 e. The minimum atomic E-state index is -4.49. The Morgan fingerprint density at radius 2 is 1.46 bits per heavy atom. The third-order valence-electron chi connectivity index (χ3n) is 4.90. The zero-order chi connectivity index (χ0) is 20.5. The normalized spacial score (nSPS) is 14.9. The maximum atomic E-state index is 12.9. The summed E-state index contributed by atoms with van der Waals surface area (Å²) in [6, 6.07) is 10.1. The second-order valence-corrected chi connectivity index (χ2v) is 6.98. The van der Waals surface area contributed by atoms with E-state index in [-0.39, 0.29) is 24.6 Å². The predicted octanol–water partition coefficient (Wildman–Crippen LogP) is 3.92. The standard InChI is InChI=1S/C21H21F3N2O2/c1-14-6-7-18(15(2)12-14)20(28)26-10-8-25(9-11-26)19(27)16-4-3-5-17(13-16)21(22,23)24/h3-7,12-13H,8-11H2,1-2H3. The monoisotopic (exact) mass is 390 g/mol. The number of benzene rings is 2. The molecule has 0 bridgehead atoms. The molecule has 0 N–H and O–H groups in total. The Morgan fingerprint density at radius 1 is 0.857 bits per heavy atom. The van der Waals surface area contributed by atoms with E-state index in [1.165, 1.54) is 17.0 Å². The molecule has 1 fully saturated rings. The molecule has 148 valence electrons. The van der Waals surface area contributed by atoms with Crippen molar-refractivity contribution in [2.45, 2.75) is 20.0 Å². The van der Waals surface area contributed by atoms with Crippen molar-refractivity contribution >= 4 is 11.8 Å². The average Bonchev–Trinajstić information content (AvgIpc) is 2.66. The fourth-order valence-corrected chi connectivity index (χ4v) is 3.35. The van der Waals surface area contributed by atoms with E-state index in [9.17, 15) is 22.8 Å². The van der Waals surface area contributed by atoms with E-state index in [0.29, 0.717) is 18.7 Å². The highest BCUT2D eigenvalue weighted by atomic mass is 19.4. The molecule has 1 aliphatic rings. The fourth-order valence-electron chi connectivity index (χ4n) is 3.35. The summed E-state index contributed by atoms with van der Waals surface area (Å²) in [5, 5.41) is 0. The van der Waals surface area contributed by atoms with Crippen LogP contribution in [0.4, 0.5) is 13.2 Å². The molecule has 3 rings (SSSR count). The Morgan fingerprint density at radius 3 is 2.04 bits per heavy atom. The van der Waals surface area contributed by atoms with Crippen LogP contribution in [0.3, 0.4) is 0 Å². The van der Waals surface area contributed by atoms with Crippen LogP contribution in [0.1, 0.15) is 37.4 Å². The number of amides is 2. The smallest absolute Gasteiger partial charge is 0.335 e. The van der Waals surface area contributed by atoms with Crippen LogP contribution in [0.15, 0.2) is 42.5 Å². The summed E-state index contributed by atoms with van der Waals surface area (Å²) in [6.45, 7) is 5.10. The number of aryl methyl sites for hydroxylation is 2. The van der Waals surface area contributed by atoms with Gasteiger partial charge in [-0.15, -0.1) is 0 Å². The molecule has 4 nitrogen and oxygen atoms in total. The van der Waals surface area contributed by atoms with Gasteiger partial charge < -0.3 is 9.80 Å². The Hall–Kier alpha value is -2.83. The summed E-state index contributed by atoms with van der Waals surface area (Å²) >= 11 is 0. The van der Waals surface area contributed by atoms with Crippen molar-refractivity contribution in [3.05, 3.63) is 70.3 Å². The van der Waals surface area contributed by atoms with Crippen molar-refractivity contribution in [1.29, 1.82) is 0 Å². The quantitative estimate of drug-likeness (QED) is 0.780.